The first-order valence-corrected chi connectivity index (χ1v) is 3.14. The lowest BCUT2D eigenvalue weighted by Crippen LogP contribution is -2.11. The molecule has 0 spiro atoms. The molecule has 0 aromatic heterocycles. The van der Waals surface area contributed by atoms with Crippen LogP contribution in [0.15, 0.2) is 0 Å². The highest BCUT2D eigenvalue weighted by Gasteiger charge is 1.85. The molecule has 0 radical (unpaired) electrons. The minimum absolute atomic E-state index is 0.131. The molecule has 4 nitrogen and oxygen atoms in total. The summed E-state index contributed by atoms with van der Waals surface area (Å²) in [5.74, 6) is 0. The van der Waals surface area contributed by atoms with E-state index in [2.05, 4.69) is 0 Å². The third-order valence-corrected chi connectivity index (χ3v) is 0.801. The van der Waals surface area contributed by atoms with Crippen LogP contribution in [0, 0.1) is 11.3 Å². The summed E-state index contributed by atoms with van der Waals surface area (Å²) in [6.07, 6.45) is 0. The van der Waals surface area contributed by atoms with Crippen molar-refractivity contribution >= 4 is 0 Å². The zero-order valence-corrected chi connectivity index (χ0v) is 5.88. The Morgan fingerprint density at radius 1 is 1.20 bits per heavy atom. The summed E-state index contributed by atoms with van der Waals surface area (Å²) in [6, 6.07) is 1.86. The zero-order chi connectivity index (χ0) is 7.66. The molecule has 0 heterocycles. The number of nitriles is 1. The van der Waals surface area contributed by atoms with Crippen LogP contribution in [0.25, 0.3) is 0 Å². The van der Waals surface area contributed by atoms with E-state index < -0.39 is 0 Å². The lowest BCUT2D eigenvalue weighted by atomic mass is 10.7. The molecule has 2 N–H and O–H groups in total. The highest BCUT2D eigenvalue weighted by molar-refractivity contribution is 4.65. The van der Waals surface area contributed by atoms with Crippen LogP contribution < -0.4 is 5.73 Å². The van der Waals surface area contributed by atoms with Gasteiger partial charge in [-0.2, -0.15) is 5.26 Å². The molecule has 0 rings (SSSR count). The Balaban J connectivity index is 2.72. The second-order valence-corrected chi connectivity index (χ2v) is 1.61. The molecule has 0 aromatic carbocycles. The third kappa shape index (κ3) is 7.37. The van der Waals surface area contributed by atoms with Gasteiger partial charge in [-0.3, -0.25) is 0 Å². The molecule has 10 heavy (non-hydrogen) atoms. The lowest BCUT2D eigenvalue weighted by Gasteiger charge is -2.00. The fourth-order valence-electron chi connectivity index (χ4n) is 0.421. The average molecular weight is 144 g/mol. The van der Waals surface area contributed by atoms with Crippen LogP contribution in [0.1, 0.15) is 0 Å². The van der Waals surface area contributed by atoms with E-state index in [-0.39, 0.29) is 6.61 Å². The van der Waals surface area contributed by atoms with E-state index in [1.807, 2.05) is 6.07 Å². The third-order valence-electron chi connectivity index (χ3n) is 0.801. The molecule has 0 fully saturated rings. The van der Waals surface area contributed by atoms with Gasteiger partial charge >= 0.3 is 0 Å². The Morgan fingerprint density at radius 3 is 2.50 bits per heavy atom. The van der Waals surface area contributed by atoms with E-state index in [1.54, 1.807) is 0 Å². The van der Waals surface area contributed by atoms with Crippen molar-refractivity contribution in [2.75, 3.05) is 33.0 Å². The Labute approximate surface area is 60.5 Å². The number of nitrogens with zero attached hydrogens (tertiary/aromatic N) is 1. The molecule has 0 aliphatic rings. The fourth-order valence-corrected chi connectivity index (χ4v) is 0.421. The van der Waals surface area contributed by atoms with Crippen LogP contribution >= 0.6 is 0 Å². The van der Waals surface area contributed by atoms with Gasteiger partial charge in [0, 0.05) is 6.54 Å². The summed E-state index contributed by atoms with van der Waals surface area (Å²) in [6.45, 7) is 2.19. The standard InChI is InChI=1S/C6H12N2O2/c7-1-3-9-5-6-10-4-2-8/h1,3-7H2. The highest BCUT2D eigenvalue weighted by Crippen LogP contribution is 1.75. The molecular formula is C6H12N2O2. The first-order valence-electron chi connectivity index (χ1n) is 3.14. The van der Waals surface area contributed by atoms with Crippen molar-refractivity contribution in [2.45, 2.75) is 0 Å². The summed E-state index contributed by atoms with van der Waals surface area (Å²) < 4.78 is 9.77. The van der Waals surface area contributed by atoms with Crippen LogP contribution in [-0.2, 0) is 9.47 Å². The average Bonchev–Trinajstić information content (AvgIpc) is 1.97. The predicted molar refractivity (Wildman–Crippen MR) is 36.3 cm³/mol. The minimum atomic E-state index is 0.131. The quantitative estimate of drug-likeness (QED) is 0.510. The maximum Gasteiger partial charge on any atom is 0.133 e. The van der Waals surface area contributed by atoms with Crippen LogP contribution in [0.3, 0.4) is 0 Å². The molecule has 58 valence electrons. The van der Waals surface area contributed by atoms with Gasteiger partial charge in [0.1, 0.15) is 6.61 Å². The first-order chi connectivity index (χ1) is 4.91. The summed E-state index contributed by atoms with van der Waals surface area (Å²) in [4.78, 5) is 0. The van der Waals surface area contributed by atoms with Gasteiger partial charge in [0.15, 0.2) is 0 Å². The monoisotopic (exact) mass is 144 g/mol. The Morgan fingerprint density at radius 2 is 1.90 bits per heavy atom. The lowest BCUT2D eigenvalue weighted by molar-refractivity contribution is 0.0633. The van der Waals surface area contributed by atoms with E-state index in [1.165, 1.54) is 0 Å². The minimum Gasteiger partial charge on any atom is -0.378 e. The molecule has 0 unspecified atom stereocenters. The van der Waals surface area contributed by atoms with Gasteiger partial charge in [-0.1, -0.05) is 0 Å². The van der Waals surface area contributed by atoms with E-state index in [9.17, 15) is 0 Å². The Hall–Kier alpha value is -0.630. The summed E-state index contributed by atoms with van der Waals surface area (Å²) >= 11 is 0. The Bertz CT molecular complexity index is 100. The first kappa shape index (κ1) is 9.37. The smallest absolute Gasteiger partial charge is 0.133 e. The topological polar surface area (TPSA) is 68.3 Å². The number of hydrogen-bond donors (Lipinski definition) is 1. The summed E-state index contributed by atoms with van der Waals surface area (Å²) in [7, 11) is 0. The summed E-state index contributed by atoms with van der Waals surface area (Å²) in [5.41, 5.74) is 5.15. The van der Waals surface area contributed by atoms with Gasteiger partial charge in [-0.15, -0.1) is 0 Å². The molecule has 0 aliphatic carbocycles. The molecule has 0 aromatic rings. The van der Waals surface area contributed by atoms with Gasteiger partial charge in [-0.25, -0.2) is 0 Å². The largest absolute Gasteiger partial charge is 0.378 e. The maximum absolute atomic E-state index is 8.03. The molecule has 0 amide bonds. The maximum atomic E-state index is 8.03. The van der Waals surface area contributed by atoms with E-state index in [4.69, 9.17) is 20.5 Å². The molecule has 4 heteroatoms. The van der Waals surface area contributed by atoms with Crippen molar-refractivity contribution in [1.29, 1.82) is 5.26 Å². The van der Waals surface area contributed by atoms with Crippen LogP contribution in [0.5, 0.6) is 0 Å². The number of ether oxygens (including phenoxy) is 2. The molecule has 0 aliphatic heterocycles. The van der Waals surface area contributed by atoms with Gasteiger partial charge in [0.25, 0.3) is 0 Å². The van der Waals surface area contributed by atoms with Crippen molar-refractivity contribution in [3.63, 3.8) is 0 Å². The second kappa shape index (κ2) is 8.37. The van der Waals surface area contributed by atoms with Crippen molar-refractivity contribution in [3.05, 3.63) is 0 Å². The molecule has 0 atom stereocenters. The van der Waals surface area contributed by atoms with Gasteiger partial charge in [-0.05, 0) is 0 Å². The Kier molecular flexibility index (Phi) is 7.84. The van der Waals surface area contributed by atoms with Gasteiger partial charge in [0.05, 0.1) is 25.9 Å². The predicted octanol–water partition coefficient (Wildman–Crippen LogP) is -0.498. The highest BCUT2D eigenvalue weighted by atomic mass is 16.5. The number of hydrogen-bond acceptors (Lipinski definition) is 4. The fraction of sp³-hybridized carbons (Fsp3) is 0.833. The zero-order valence-electron chi connectivity index (χ0n) is 5.88. The second-order valence-electron chi connectivity index (χ2n) is 1.61. The van der Waals surface area contributed by atoms with Crippen molar-refractivity contribution < 1.29 is 9.47 Å². The van der Waals surface area contributed by atoms with Crippen LogP contribution in [-0.4, -0.2) is 33.0 Å². The SMILES string of the molecule is N#CCOCCOCCN. The van der Waals surface area contributed by atoms with Crippen LogP contribution in [0.4, 0.5) is 0 Å². The van der Waals surface area contributed by atoms with E-state index >= 15 is 0 Å². The van der Waals surface area contributed by atoms with Gasteiger partial charge < -0.3 is 15.2 Å². The van der Waals surface area contributed by atoms with Gasteiger partial charge in [0.2, 0.25) is 0 Å². The molecule has 0 saturated heterocycles. The molecule has 0 bridgehead atoms. The summed E-state index contributed by atoms with van der Waals surface area (Å²) in [5, 5.41) is 8.03. The van der Waals surface area contributed by atoms with Crippen LogP contribution in [0.2, 0.25) is 0 Å². The molecular weight excluding hydrogens is 132 g/mol. The van der Waals surface area contributed by atoms with Crippen molar-refractivity contribution in [2.24, 2.45) is 5.73 Å². The normalized spacial score (nSPS) is 9.20. The number of rotatable bonds is 6. The number of nitrogens with two attached hydrogens (primary N) is 1. The van der Waals surface area contributed by atoms with Crippen molar-refractivity contribution in [3.8, 4) is 6.07 Å². The van der Waals surface area contributed by atoms with Crippen molar-refractivity contribution in [1.82, 2.24) is 0 Å². The van der Waals surface area contributed by atoms with E-state index in [0.29, 0.717) is 26.4 Å². The molecule has 0 saturated carbocycles. The van der Waals surface area contributed by atoms with E-state index in [0.717, 1.165) is 0 Å².